The van der Waals surface area contributed by atoms with Gasteiger partial charge in [-0.3, -0.25) is 9.59 Å². The second-order valence-corrected chi connectivity index (χ2v) is 8.84. The number of para-hydroxylation sites is 1. The summed E-state index contributed by atoms with van der Waals surface area (Å²) in [6.07, 6.45) is 1.45. The zero-order valence-corrected chi connectivity index (χ0v) is 20.6. The maximum absolute atomic E-state index is 13.1. The molecule has 0 aliphatic heterocycles. The van der Waals surface area contributed by atoms with E-state index in [2.05, 4.69) is 15.8 Å². The third-order valence-electron chi connectivity index (χ3n) is 5.04. The van der Waals surface area contributed by atoms with Crippen molar-refractivity contribution in [3.05, 3.63) is 99.3 Å². The summed E-state index contributed by atoms with van der Waals surface area (Å²) in [7, 11) is 0. The molecule has 0 spiro atoms. The molecule has 3 aromatic carbocycles. The lowest BCUT2D eigenvalue weighted by molar-refractivity contribution is -0.123. The summed E-state index contributed by atoms with van der Waals surface area (Å²) in [5.74, 6) is -1.09. The molecule has 0 aliphatic carbocycles. The smallest absolute Gasteiger partial charge is 0.262 e. The van der Waals surface area contributed by atoms with Crippen molar-refractivity contribution in [2.75, 3.05) is 0 Å². The van der Waals surface area contributed by atoms with Gasteiger partial charge >= 0.3 is 0 Å². The van der Waals surface area contributed by atoms with Crippen LogP contribution in [0, 0.1) is 11.7 Å². The van der Waals surface area contributed by atoms with E-state index in [0.717, 1.165) is 5.56 Å². The fourth-order valence-electron chi connectivity index (χ4n) is 3.11. The van der Waals surface area contributed by atoms with Crippen LogP contribution in [0.25, 0.3) is 0 Å². The van der Waals surface area contributed by atoms with Gasteiger partial charge in [-0.25, -0.2) is 9.82 Å². The highest BCUT2D eigenvalue weighted by Gasteiger charge is 2.24. The number of rotatable bonds is 9. The molecule has 0 heterocycles. The summed E-state index contributed by atoms with van der Waals surface area (Å²) in [4.78, 5) is 25.2. The van der Waals surface area contributed by atoms with Gasteiger partial charge < -0.3 is 10.1 Å². The van der Waals surface area contributed by atoms with E-state index in [4.69, 9.17) is 27.9 Å². The highest BCUT2D eigenvalue weighted by atomic mass is 35.5. The molecule has 35 heavy (non-hydrogen) atoms. The topological polar surface area (TPSA) is 79.8 Å². The van der Waals surface area contributed by atoms with Gasteiger partial charge in [0.2, 0.25) is 0 Å². The summed E-state index contributed by atoms with van der Waals surface area (Å²) in [6.45, 7) is 3.81. The third-order valence-corrected chi connectivity index (χ3v) is 5.62. The normalized spacial score (nSPS) is 11.9. The van der Waals surface area contributed by atoms with Crippen molar-refractivity contribution >= 4 is 41.2 Å². The van der Waals surface area contributed by atoms with Crippen LogP contribution in [0.15, 0.2) is 71.8 Å². The second-order valence-electron chi connectivity index (χ2n) is 8.00. The van der Waals surface area contributed by atoms with Gasteiger partial charge in [0.15, 0.2) is 0 Å². The van der Waals surface area contributed by atoms with Gasteiger partial charge in [0.05, 0.1) is 6.21 Å². The van der Waals surface area contributed by atoms with Gasteiger partial charge in [-0.2, -0.15) is 5.10 Å². The third kappa shape index (κ3) is 7.53. The molecule has 1 atom stereocenters. The van der Waals surface area contributed by atoms with Crippen LogP contribution in [-0.2, 0) is 11.4 Å². The largest absolute Gasteiger partial charge is 0.488 e. The number of carbonyl (C=O) groups is 2. The molecular weight excluding hydrogens is 492 g/mol. The number of hydrazone groups is 1. The summed E-state index contributed by atoms with van der Waals surface area (Å²) in [6, 6.07) is 16.6. The van der Waals surface area contributed by atoms with Gasteiger partial charge in [0, 0.05) is 26.7 Å². The lowest BCUT2D eigenvalue weighted by atomic mass is 10.0. The minimum Gasteiger partial charge on any atom is -0.488 e. The first-order valence-corrected chi connectivity index (χ1v) is 11.6. The zero-order chi connectivity index (χ0) is 25.4. The summed E-state index contributed by atoms with van der Waals surface area (Å²) < 4.78 is 19.0. The number of amides is 2. The molecular formula is C26H24Cl2FN3O3. The van der Waals surface area contributed by atoms with Gasteiger partial charge in [-0.05, 0) is 54.4 Å². The van der Waals surface area contributed by atoms with Crippen molar-refractivity contribution in [1.29, 1.82) is 0 Å². The number of halogens is 3. The summed E-state index contributed by atoms with van der Waals surface area (Å²) >= 11 is 12.1. The van der Waals surface area contributed by atoms with E-state index in [1.807, 2.05) is 12.1 Å². The molecule has 1 unspecified atom stereocenters. The SMILES string of the molecule is CC(C)C(NC(=O)c1ccc(F)cc1)C(=O)N/N=C/c1ccccc1OCc1ccc(Cl)cc1Cl. The van der Waals surface area contributed by atoms with Crippen LogP contribution in [-0.4, -0.2) is 24.1 Å². The average molecular weight is 516 g/mol. The minimum atomic E-state index is -0.844. The predicted molar refractivity (Wildman–Crippen MR) is 135 cm³/mol. The highest BCUT2D eigenvalue weighted by molar-refractivity contribution is 6.35. The first kappa shape index (κ1) is 26.2. The molecule has 0 aromatic heterocycles. The van der Waals surface area contributed by atoms with Crippen LogP contribution in [0.3, 0.4) is 0 Å². The van der Waals surface area contributed by atoms with E-state index < -0.39 is 23.7 Å². The molecule has 0 radical (unpaired) electrons. The van der Waals surface area contributed by atoms with Crippen LogP contribution in [0.1, 0.15) is 35.3 Å². The van der Waals surface area contributed by atoms with Crippen molar-refractivity contribution in [3.8, 4) is 5.75 Å². The molecule has 2 amide bonds. The number of ether oxygens (including phenoxy) is 1. The number of carbonyl (C=O) groups excluding carboxylic acids is 2. The second kappa shape index (κ2) is 12.3. The highest BCUT2D eigenvalue weighted by Crippen LogP contribution is 2.24. The maximum atomic E-state index is 13.1. The molecule has 9 heteroatoms. The van der Waals surface area contributed by atoms with Crippen LogP contribution >= 0.6 is 23.2 Å². The van der Waals surface area contributed by atoms with Crippen LogP contribution in [0.4, 0.5) is 4.39 Å². The Morgan fingerprint density at radius 1 is 1.06 bits per heavy atom. The van der Waals surface area contributed by atoms with E-state index >= 15 is 0 Å². The fourth-order valence-corrected chi connectivity index (χ4v) is 3.57. The van der Waals surface area contributed by atoms with Gasteiger partial charge in [-0.15, -0.1) is 0 Å². The lowest BCUT2D eigenvalue weighted by Gasteiger charge is -2.20. The summed E-state index contributed by atoms with van der Waals surface area (Å²) in [5.41, 5.74) is 4.11. The average Bonchev–Trinajstić information content (AvgIpc) is 2.82. The van der Waals surface area contributed by atoms with Gasteiger partial charge in [0.1, 0.15) is 24.2 Å². The molecule has 0 fully saturated rings. The maximum Gasteiger partial charge on any atom is 0.262 e. The van der Waals surface area contributed by atoms with E-state index in [9.17, 15) is 14.0 Å². The first-order chi connectivity index (χ1) is 16.7. The molecule has 0 saturated heterocycles. The first-order valence-electron chi connectivity index (χ1n) is 10.8. The standard InChI is InChI=1S/C26H24Cl2FN3O3/c1-16(2)24(31-25(33)17-8-11-21(29)12-9-17)26(34)32-30-14-18-5-3-4-6-23(18)35-15-19-7-10-20(27)13-22(19)28/h3-14,16,24H,15H2,1-2H3,(H,31,33)(H,32,34)/b30-14+. The number of hydrogen-bond donors (Lipinski definition) is 2. The Bertz CT molecular complexity index is 1220. The predicted octanol–water partition coefficient (Wildman–Crippen LogP) is 5.62. The molecule has 3 rings (SSSR count). The van der Waals surface area contributed by atoms with E-state index in [1.165, 1.54) is 30.5 Å². The number of nitrogens with one attached hydrogen (secondary N) is 2. The molecule has 0 bridgehead atoms. The molecule has 6 nitrogen and oxygen atoms in total. The van der Waals surface area contributed by atoms with E-state index in [1.54, 1.807) is 44.2 Å². The Morgan fingerprint density at radius 3 is 2.46 bits per heavy atom. The van der Waals surface area contributed by atoms with Crippen LogP contribution < -0.4 is 15.5 Å². The van der Waals surface area contributed by atoms with Crippen molar-refractivity contribution < 1.29 is 18.7 Å². The Labute approximate surface area is 213 Å². The van der Waals surface area contributed by atoms with Gasteiger partial charge in [-0.1, -0.05) is 55.2 Å². The molecule has 2 N–H and O–H groups in total. The van der Waals surface area contributed by atoms with Crippen molar-refractivity contribution in [3.63, 3.8) is 0 Å². The van der Waals surface area contributed by atoms with E-state index in [-0.39, 0.29) is 18.1 Å². The van der Waals surface area contributed by atoms with Crippen molar-refractivity contribution in [2.24, 2.45) is 11.0 Å². The number of benzene rings is 3. The quantitative estimate of drug-likeness (QED) is 0.286. The summed E-state index contributed by atoms with van der Waals surface area (Å²) in [5, 5.41) is 7.73. The van der Waals surface area contributed by atoms with Crippen molar-refractivity contribution in [2.45, 2.75) is 26.5 Å². The van der Waals surface area contributed by atoms with Crippen molar-refractivity contribution in [1.82, 2.24) is 10.7 Å². The Hall–Kier alpha value is -3.42. The lowest BCUT2D eigenvalue weighted by Crippen LogP contribution is -2.48. The van der Waals surface area contributed by atoms with E-state index in [0.29, 0.717) is 21.4 Å². The Kier molecular flexibility index (Phi) is 9.23. The monoisotopic (exact) mass is 515 g/mol. The Morgan fingerprint density at radius 2 is 1.77 bits per heavy atom. The fraction of sp³-hybridized carbons (Fsp3) is 0.192. The molecule has 0 saturated carbocycles. The molecule has 3 aromatic rings. The van der Waals surface area contributed by atoms with Crippen LogP contribution in [0.2, 0.25) is 10.0 Å². The number of nitrogens with zero attached hydrogens (tertiary/aromatic N) is 1. The minimum absolute atomic E-state index is 0.214. The van der Waals surface area contributed by atoms with Gasteiger partial charge in [0.25, 0.3) is 11.8 Å². The molecule has 182 valence electrons. The number of hydrogen-bond acceptors (Lipinski definition) is 4. The van der Waals surface area contributed by atoms with Crippen LogP contribution in [0.5, 0.6) is 5.75 Å². The zero-order valence-electron chi connectivity index (χ0n) is 19.1. The molecule has 0 aliphatic rings. The Balaban J connectivity index is 1.63.